The number of carbonyl (C=O) groups is 3. The van der Waals surface area contributed by atoms with Gasteiger partial charge in [-0.3, -0.25) is 19.3 Å². The lowest BCUT2D eigenvalue weighted by atomic mass is 9.94. The highest BCUT2D eigenvalue weighted by molar-refractivity contribution is 7.11. The van der Waals surface area contributed by atoms with Crippen LogP contribution < -0.4 is 10.2 Å². The van der Waals surface area contributed by atoms with Crippen molar-refractivity contribution in [1.82, 2.24) is 10.2 Å². The molecule has 0 aliphatic carbocycles. The van der Waals surface area contributed by atoms with Gasteiger partial charge < -0.3 is 10.2 Å². The predicted molar refractivity (Wildman–Crippen MR) is 108 cm³/mol. The van der Waals surface area contributed by atoms with Crippen LogP contribution in [-0.2, 0) is 16.1 Å². The highest BCUT2D eigenvalue weighted by Gasteiger charge is 2.61. The summed E-state index contributed by atoms with van der Waals surface area (Å²) >= 11 is 1.62. The standard InChI is InChI=1S/C21H23N3O3S/c1-13(2)23-19(26)16-6-4-5-7-17(16)24-18(25)10-11-21(23,24)20(27)22-12-15-9-8-14(3)28-15/h4-9,13H,10-12H2,1-3H3,(H,22,27)/t21-/m0/s1. The number of rotatable bonds is 4. The number of nitrogens with one attached hydrogen (secondary N) is 1. The Morgan fingerprint density at radius 2 is 1.96 bits per heavy atom. The van der Waals surface area contributed by atoms with Gasteiger partial charge in [0.25, 0.3) is 11.8 Å². The Morgan fingerprint density at radius 1 is 1.21 bits per heavy atom. The van der Waals surface area contributed by atoms with E-state index in [2.05, 4.69) is 5.32 Å². The van der Waals surface area contributed by atoms with Gasteiger partial charge in [0.05, 0.1) is 17.8 Å². The molecular formula is C21H23N3O3S. The van der Waals surface area contributed by atoms with Crippen LogP contribution >= 0.6 is 11.3 Å². The molecule has 1 aromatic carbocycles. The smallest absolute Gasteiger partial charge is 0.267 e. The second-order valence-electron chi connectivity index (χ2n) is 7.53. The summed E-state index contributed by atoms with van der Waals surface area (Å²) in [7, 11) is 0. The van der Waals surface area contributed by atoms with E-state index in [9.17, 15) is 14.4 Å². The maximum Gasteiger partial charge on any atom is 0.267 e. The van der Waals surface area contributed by atoms with Crippen LogP contribution in [-0.4, -0.2) is 34.3 Å². The van der Waals surface area contributed by atoms with E-state index in [1.807, 2.05) is 32.9 Å². The first-order valence-corrected chi connectivity index (χ1v) is 10.3. The first-order chi connectivity index (χ1) is 13.4. The van der Waals surface area contributed by atoms with Gasteiger partial charge >= 0.3 is 0 Å². The molecule has 1 fully saturated rings. The molecule has 0 bridgehead atoms. The van der Waals surface area contributed by atoms with Crippen molar-refractivity contribution in [3.05, 3.63) is 51.7 Å². The Bertz CT molecular complexity index is 967. The summed E-state index contributed by atoms with van der Waals surface area (Å²) in [5, 5.41) is 2.98. The number of hydrogen-bond donors (Lipinski definition) is 1. The molecule has 3 heterocycles. The van der Waals surface area contributed by atoms with E-state index < -0.39 is 5.66 Å². The molecule has 0 unspecified atom stereocenters. The van der Waals surface area contributed by atoms with E-state index in [0.717, 1.165) is 4.88 Å². The lowest BCUT2D eigenvalue weighted by molar-refractivity contribution is -0.134. The van der Waals surface area contributed by atoms with Gasteiger partial charge in [-0.25, -0.2) is 0 Å². The number of fused-ring (bicyclic) bond motifs is 3. The normalized spacial score (nSPS) is 21.1. The SMILES string of the molecule is Cc1ccc(CNC(=O)[C@]23CCC(=O)N2c2ccccc2C(=O)N3C(C)C)s1. The molecule has 146 valence electrons. The topological polar surface area (TPSA) is 69.7 Å². The van der Waals surface area contributed by atoms with Crippen molar-refractivity contribution in [3.8, 4) is 0 Å². The van der Waals surface area contributed by atoms with Gasteiger partial charge in [0.2, 0.25) is 11.6 Å². The minimum Gasteiger partial charge on any atom is -0.347 e. The van der Waals surface area contributed by atoms with Gasteiger partial charge in [-0.2, -0.15) is 0 Å². The molecule has 1 N–H and O–H groups in total. The predicted octanol–water partition coefficient (Wildman–Crippen LogP) is 3.06. The van der Waals surface area contributed by atoms with Crippen LogP contribution in [0.5, 0.6) is 0 Å². The summed E-state index contributed by atoms with van der Waals surface area (Å²) in [6, 6.07) is 10.8. The molecule has 1 aromatic heterocycles. The maximum absolute atomic E-state index is 13.5. The minimum absolute atomic E-state index is 0.132. The quantitative estimate of drug-likeness (QED) is 0.862. The fourth-order valence-corrected chi connectivity index (χ4v) is 5.13. The summed E-state index contributed by atoms with van der Waals surface area (Å²) in [6.07, 6.45) is 0.524. The Kier molecular flexibility index (Phi) is 4.50. The molecular weight excluding hydrogens is 374 g/mol. The number of carbonyl (C=O) groups excluding carboxylic acids is 3. The monoisotopic (exact) mass is 397 g/mol. The van der Waals surface area contributed by atoms with Gasteiger partial charge in [-0.1, -0.05) is 12.1 Å². The fraction of sp³-hybridized carbons (Fsp3) is 0.381. The Balaban J connectivity index is 1.77. The Hall–Kier alpha value is -2.67. The van der Waals surface area contributed by atoms with Crippen molar-refractivity contribution in [1.29, 1.82) is 0 Å². The Morgan fingerprint density at radius 3 is 2.64 bits per heavy atom. The van der Waals surface area contributed by atoms with Gasteiger partial charge in [-0.05, 0) is 45.0 Å². The summed E-state index contributed by atoms with van der Waals surface area (Å²) in [5.74, 6) is -0.646. The lowest BCUT2D eigenvalue weighted by Crippen LogP contribution is -2.71. The average molecular weight is 398 g/mol. The van der Waals surface area contributed by atoms with Crippen LogP contribution in [0.3, 0.4) is 0 Å². The molecule has 2 aliphatic rings. The largest absolute Gasteiger partial charge is 0.347 e. The van der Waals surface area contributed by atoms with E-state index in [1.54, 1.807) is 45.4 Å². The van der Waals surface area contributed by atoms with Crippen LogP contribution in [0.25, 0.3) is 0 Å². The Labute approximate surface area is 168 Å². The number of hydrogen-bond acceptors (Lipinski definition) is 4. The van der Waals surface area contributed by atoms with E-state index in [-0.39, 0.29) is 30.2 Å². The lowest BCUT2D eigenvalue weighted by Gasteiger charge is -2.50. The molecule has 0 saturated carbocycles. The third-order valence-electron chi connectivity index (χ3n) is 5.40. The van der Waals surface area contributed by atoms with E-state index in [1.165, 1.54) is 4.88 Å². The fourth-order valence-electron chi connectivity index (χ4n) is 4.30. The molecule has 28 heavy (non-hydrogen) atoms. The molecule has 3 amide bonds. The summed E-state index contributed by atoms with van der Waals surface area (Å²) < 4.78 is 0. The number of amides is 3. The second-order valence-corrected chi connectivity index (χ2v) is 8.90. The van der Waals surface area contributed by atoms with Crippen molar-refractivity contribution < 1.29 is 14.4 Å². The highest BCUT2D eigenvalue weighted by atomic mass is 32.1. The van der Waals surface area contributed by atoms with E-state index in [4.69, 9.17) is 0 Å². The molecule has 7 heteroatoms. The average Bonchev–Trinajstić information content (AvgIpc) is 3.24. The number of para-hydroxylation sites is 1. The van der Waals surface area contributed by atoms with Crippen molar-refractivity contribution in [3.63, 3.8) is 0 Å². The number of anilines is 1. The number of benzene rings is 1. The van der Waals surface area contributed by atoms with Gasteiger partial charge in [0.1, 0.15) is 0 Å². The molecule has 0 radical (unpaired) electrons. The van der Waals surface area contributed by atoms with Crippen LogP contribution in [0.4, 0.5) is 5.69 Å². The minimum atomic E-state index is -1.32. The van der Waals surface area contributed by atoms with E-state index in [0.29, 0.717) is 24.2 Å². The van der Waals surface area contributed by atoms with E-state index >= 15 is 0 Å². The molecule has 2 aromatic rings. The molecule has 1 saturated heterocycles. The molecule has 2 aliphatic heterocycles. The van der Waals surface area contributed by atoms with Crippen LogP contribution in [0.1, 0.15) is 46.8 Å². The van der Waals surface area contributed by atoms with Crippen molar-refractivity contribution in [2.45, 2.75) is 51.9 Å². The summed E-state index contributed by atoms with van der Waals surface area (Å²) in [6.45, 7) is 6.15. The molecule has 4 rings (SSSR count). The van der Waals surface area contributed by atoms with Crippen molar-refractivity contribution in [2.75, 3.05) is 4.90 Å². The molecule has 1 atom stereocenters. The van der Waals surface area contributed by atoms with Gasteiger partial charge in [-0.15, -0.1) is 11.3 Å². The van der Waals surface area contributed by atoms with Crippen LogP contribution in [0, 0.1) is 6.92 Å². The molecule has 6 nitrogen and oxygen atoms in total. The third kappa shape index (κ3) is 2.64. The summed E-state index contributed by atoms with van der Waals surface area (Å²) in [4.78, 5) is 45.0. The summed E-state index contributed by atoms with van der Waals surface area (Å²) in [5.41, 5.74) is -0.332. The zero-order valence-corrected chi connectivity index (χ0v) is 17.0. The highest BCUT2D eigenvalue weighted by Crippen LogP contribution is 2.45. The van der Waals surface area contributed by atoms with Crippen molar-refractivity contribution in [2.24, 2.45) is 0 Å². The molecule has 0 spiro atoms. The zero-order chi connectivity index (χ0) is 20.1. The van der Waals surface area contributed by atoms with Crippen LogP contribution in [0.2, 0.25) is 0 Å². The van der Waals surface area contributed by atoms with Crippen LogP contribution in [0.15, 0.2) is 36.4 Å². The van der Waals surface area contributed by atoms with Crippen molar-refractivity contribution >= 4 is 34.7 Å². The van der Waals surface area contributed by atoms with Gasteiger partial charge in [0.15, 0.2) is 0 Å². The van der Waals surface area contributed by atoms with Gasteiger partial charge in [0, 0.05) is 28.6 Å². The first kappa shape index (κ1) is 18.7. The number of nitrogens with zero attached hydrogens (tertiary/aromatic N) is 2. The maximum atomic E-state index is 13.5. The number of aryl methyl sites for hydroxylation is 1. The first-order valence-electron chi connectivity index (χ1n) is 9.45. The second kappa shape index (κ2) is 6.74. The zero-order valence-electron chi connectivity index (χ0n) is 16.2. The number of thiophene rings is 1. The third-order valence-corrected chi connectivity index (χ3v) is 6.40.